The summed E-state index contributed by atoms with van der Waals surface area (Å²) < 4.78 is 4.85. The van der Waals surface area contributed by atoms with Gasteiger partial charge in [0.05, 0.1) is 0 Å². The van der Waals surface area contributed by atoms with Gasteiger partial charge in [-0.15, -0.1) is 22.7 Å². The lowest BCUT2D eigenvalue weighted by atomic mass is 9.88. The maximum atomic E-state index is 5.47. The molecular formula is C49H29N3S2. The minimum absolute atomic E-state index is 0.654. The van der Waals surface area contributed by atoms with Crippen molar-refractivity contribution in [2.75, 3.05) is 0 Å². The summed E-state index contributed by atoms with van der Waals surface area (Å²) in [4.78, 5) is 16.3. The van der Waals surface area contributed by atoms with Crippen LogP contribution in [0.15, 0.2) is 176 Å². The monoisotopic (exact) mass is 723 g/mol. The summed E-state index contributed by atoms with van der Waals surface area (Å²) in [7, 11) is 0. The summed E-state index contributed by atoms with van der Waals surface area (Å²) in [6.45, 7) is 0. The van der Waals surface area contributed by atoms with Gasteiger partial charge in [0.2, 0.25) is 0 Å². The fraction of sp³-hybridized carbons (Fsp3) is 0. The highest BCUT2D eigenvalue weighted by Gasteiger charge is 2.23. The van der Waals surface area contributed by atoms with Crippen LogP contribution < -0.4 is 0 Å². The first-order chi connectivity index (χ1) is 26.8. The van der Waals surface area contributed by atoms with Crippen molar-refractivity contribution in [2.24, 2.45) is 0 Å². The molecule has 0 unspecified atom stereocenters. The van der Waals surface area contributed by atoms with Crippen molar-refractivity contribution in [1.29, 1.82) is 0 Å². The smallest absolute Gasteiger partial charge is 0.165 e. The number of hydrogen-bond acceptors (Lipinski definition) is 5. The van der Waals surface area contributed by atoms with Crippen molar-refractivity contribution in [2.45, 2.75) is 0 Å². The molecule has 0 aliphatic carbocycles. The molecule has 0 saturated heterocycles. The van der Waals surface area contributed by atoms with Crippen LogP contribution in [0.25, 0.3) is 108 Å². The zero-order valence-electron chi connectivity index (χ0n) is 28.9. The van der Waals surface area contributed by atoms with Gasteiger partial charge in [-0.2, -0.15) is 0 Å². The van der Waals surface area contributed by atoms with Crippen LogP contribution in [0.3, 0.4) is 0 Å². The van der Waals surface area contributed by atoms with E-state index in [9.17, 15) is 0 Å². The Labute approximate surface area is 319 Å². The molecule has 0 bridgehead atoms. The Morgan fingerprint density at radius 1 is 0.296 bits per heavy atom. The lowest BCUT2D eigenvalue weighted by Crippen LogP contribution is -2.02. The van der Waals surface area contributed by atoms with E-state index in [1.165, 1.54) is 51.5 Å². The number of rotatable bonds is 5. The molecule has 0 aliphatic heterocycles. The number of aromatic nitrogens is 3. The van der Waals surface area contributed by atoms with Gasteiger partial charge in [0.1, 0.15) is 0 Å². The maximum Gasteiger partial charge on any atom is 0.165 e. The van der Waals surface area contributed by atoms with Crippen LogP contribution in [0.2, 0.25) is 0 Å². The molecule has 0 aliphatic rings. The van der Waals surface area contributed by atoms with Gasteiger partial charge in [-0.3, -0.25) is 0 Å². The van der Waals surface area contributed by atoms with E-state index in [-0.39, 0.29) is 0 Å². The molecular weight excluding hydrogens is 695 g/mol. The molecule has 0 fully saturated rings. The van der Waals surface area contributed by atoms with Gasteiger partial charge >= 0.3 is 0 Å². The molecule has 3 nitrogen and oxygen atoms in total. The fourth-order valence-electron chi connectivity index (χ4n) is 7.89. The Balaban J connectivity index is 1.26. The molecule has 0 spiro atoms. The Kier molecular flexibility index (Phi) is 7.22. The maximum absolute atomic E-state index is 5.47. The third kappa shape index (κ3) is 4.97. The molecule has 0 amide bonds. The molecule has 54 heavy (non-hydrogen) atoms. The van der Waals surface area contributed by atoms with E-state index >= 15 is 0 Å². The highest BCUT2D eigenvalue weighted by molar-refractivity contribution is 7.26. The number of nitrogens with zero attached hydrogens (tertiary/aromatic N) is 3. The van der Waals surface area contributed by atoms with Crippen LogP contribution >= 0.6 is 22.7 Å². The van der Waals surface area contributed by atoms with Crippen molar-refractivity contribution >= 4 is 73.8 Å². The van der Waals surface area contributed by atoms with E-state index in [0.29, 0.717) is 17.5 Å². The predicted molar refractivity (Wildman–Crippen MR) is 230 cm³/mol. The van der Waals surface area contributed by atoms with Gasteiger partial charge in [0.25, 0.3) is 0 Å². The first-order valence-electron chi connectivity index (χ1n) is 18.0. The minimum Gasteiger partial charge on any atom is -0.208 e. The van der Waals surface area contributed by atoms with E-state index in [1.54, 1.807) is 22.7 Å². The zero-order chi connectivity index (χ0) is 35.6. The Morgan fingerprint density at radius 3 is 1.28 bits per heavy atom. The molecule has 3 aromatic heterocycles. The summed E-state index contributed by atoms with van der Waals surface area (Å²) in [5.74, 6) is 1.99. The largest absolute Gasteiger partial charge is 0.208 e. The second kappa shape index (κ2) is 12.6. The molecule has 11 aromatic rings. The fourth-order valence-corrected chi connectivity index (χ4v) is 10.3. The van der Waals surface area contributed by atoms with E-state index in [4.69, 9.17) is 15.0 Å². The predicted octanol–water partition coefficient (Wildman–Crippen LogP) is 14.1. The molecule has 0 atom stereocenters. The molecule has 8 aromatic carbocycles. The Morgan fingerprint density at radius 2 is 0.722 bits per heavy atom. The van der Waals surface area contributed by atoms with Crippen molar-refractivity contribution in [3.8, 4) is 56.4 Å². The van der Waals surface area contributed by atoms with Crippen molar-refractivity contribution in [3.05, 3.63) is 176 Å². The average molecular weight is 724 g/mol. The Hall–Kier alpha value is -6.53. The van der Waals surface area contributed by atoms with Crippen molar-refractivity contribution < 1.29 is 0 Å². The topological polar surface area (TPSA) is 38.7 Å². The zero-order valence-corrected chi connectivity index (χ0v) is 30.5. The van der Waals surface area contributed by atoms with Crippen molar-refractivity contribution in [3.63, 3.8) is 0 Å². The second-order valence-corrected chi connectivity index (χ2v) is 15.6. The van der Waals surface area contributed by atoms with E-state index in [0.717, 1.165) is 38.6 Å². The van der Waals surface area contributed by atoms with E-state index < -0.39 is 0 Å². The lowest BCUT2D eigenvalue weighted by molar-refractivity contribution is 1.08. The van der Waals surface area contributed by atoms with Gasteiger partial charge in [-0.05, 0) is 63.4 Å². The van der Waals surface area contributed by atoms with Gasteiger partial charge in [-0.1, -0.05) is 146 Å². The van der Waals surface area contributed by atoms with Crippen molar-refractivity contribution in [1.82, 2.24) is 15.0 Å². The number of benzene rings is 8. The average Bonchev–Trinajstić information content (AvgIpc) is 3.82. The molecule has 5 heteroatoms. The summed E-state index contributed by atoms with van der Waals surface area (Å²) >= 11 is 3.59. The highest BCUT2D eigenvalue weighted by Crippen LogP contribution is 2.45. The second-order valence-electron chi connectivity index (χ2n) is 13.5. The third-order valence-corrected chi connectivity index (χ3v) is 12.8. The molecule has 3 heterocycles. The van der Waals surface area contributed by atoms with E-state index in [2.05, 4.69) is 176 Å². The molecule has 11 rings (SSSR count). The molecule has 0 N–H and O–H groups in total. The van der Waals surface area contributed by atoms with Gasteiger partial charge in [-0.25, -0.2) is 15.0 Å². The molecule has 0 saturated carbocycles. The van der Waals surface area contributed by atoms with Crippen LogP contribution in [0, 0.1) is 0 Å². The van der Waals surface area contributed by atoms with Crippen LogP contribution in [0.5, 0.6) is 0 Å². The summed E-state index contributed by atoms with van der Waals surface area (Å²) in [5.41, 5.74) is 7.54. The number of fused-ring (bicyclic) bond motifs is 7. The lowest BCUT2D eigenvalue weighted by Gasteiger charge is -2.18. The van der Waals surface area contributed by atoms with Gasteiger partial charge in [0, 0.05) is 57.0 Å². The Bertz CT molecular complexity index is 3090. The molecule has 252 valence electrons. The van der Waals surface area contributed by atoms with Crippen LogP contribution in [-0.4, -0.2) is 15.0 Å². The third-order valence-electron chi connectivity index (χ3n) is 10.4. The molecule has 0 radical (unpaired) electrons. The van der Waals surface area contributed by atoms with Gasteiger partial charge < -0.3 is 0 Å². The summed E-state index contributed by atoms with van der Waals surface area (Å²) in [6.07, 6.45) is 0. The van der Waals surface area contributed by atoms with Crippen LogP contribution in [-0.2, 0) is 0 Å². The van der Waals surface area contributed by atoms with Crippen LogP contribution in [0.4, 0.5) is 0 Å². The quantitative estimate of drug-likeness (QED) is 0.177. The number of thiophene rings is 2. The number of hydrogen-bond donors (Lipinski definition) is 0. The highest BCUT2D eigenvalue weighted by atomic mass is 32.1. The summed E-state index contributed by atoms with van der Waals surface area (Å²) in [6, 6.07) is 62.5. The van der Waals surface area contributed by atoms with E-state index in [1.807, 2.05) is 0 Å². The summed E-state index contributed by atoms with van der Waals surface area (Å²) in [5, 5.41) is 7.17. The SMILES string of the molecule is c1ccc(-c2cc(-c3ccccc3)c3ccccc3c2-c2nc(-c3cccc4c3sc3ccccc34)nc(-c3cccc4c3sc3ccccc34)n2)cc1. The van der Waals surface area contributed by atoms with Crippen LogP contribution in [0.1, 0.15) is 0 Å². The standard InChI is InChI=1S/C49H29N3S2/c1-3-15-30(16-4-1)40-29-41(31-17-5-2-6-18-31)44(35-22-8-7-19-32(35)40)49-51-47(38-25-13-23-36-33-20-9-11-27-42(33)53-45(36)38)50-48(52-49)39-26-14-24-37-34-21-10-12-28-43(34)54-46(37)39/h1-29H. The normalized spacial score (nSPS) is 11.7. The van der Waals surface area contributed by atoms with Gasteiger partial charge in [0.15, 0.2) is 17.5 Å². The first kappa shape index (κ1) is 31.0. The minimum atomic E-state index is 0.654. The first-order valence-corrected chi connectivity index (χ1v) is 19.7.